The molecule has 7 heteroatoms. The number of carbonyl (C=O) groups excluding carboxylic acids is 3. The number of nitrogens with two attached hydrogens (primary N) is 1. The van der Waals surface area contributed by atoms with Gasteiger partial charge in [0.1, 0.15) is 6.04 Å². The average Bonchev–Trinajstić information content (AvgIpc) is 3.28. The first-order valence-electron chi connectivity index (χ1n) is 9.15. The Bertz CT molecular complexity index is 1060. The quantitative estimate of drug-likeness (QED) is 0.699. The van der Waals surface area contributed by atoms with Gasteiger partial charge in [-0.05, 0) is 46.8 Å². The van der Waals surface area contributed by atoms with E-state index in [-0.39, 0.29) is 11.8 Å². The average molecular weight is 405 g/mol. The highest BCUT2D eigenvalue weighted by Crippen LogP contribution is 2.25. The van der Waals surface area contributed by atoms with Gasteiger partial charge in [-0.15, -0.1) is 11.3 Å². The number of hydrogen-bond donors (Lipinski definition) is 2. The summed E-state index contributed by atoms with van der Waals surface area (Å²) < 4.78 is 0. The highest BCUT2D eigenvalue weighted by molar-refractivity contribution is 7.12. The summed E-state index contributed by atoms with van der Waals surface area (Å²) in [6.45, 7) is 0.333. The molecule has 0 spiro atoms. The van der Waals surface area contributed by atoms with Crippen LogP contribution in [0, 0.1) is 0 Å². The third-order valence-corrected chi connectivity index (χ3v) is 5.84. The van der Waals surface area contributed by atoms with Crippen molar-refractivity contribution in [3.63, 3.8) is 0 Å². The molecule has 2 aromatic carbocycles. The van der Waals surface area contributed by atoms with Crippen LogP contribution in [0.15, 0.2) is 66.0 Å². The summed E-state index contributed by atoms with van der Waals surface area (Å²) in [6.07, 6.45) is 0.409. The van der Waals surface area contributed by atoms with Crippen LogP contribution in [0.3, 0.4) is 0 Å². The molecule has 0 fully saturated rings. The maximum absolute atomic E-state index is 13.1. The molecule has 29 heavy (non-hydrogen) atoms. The molecular weight excluding hydrogens is 386 g/mol. The molecule has 4 rings (SSSR count). The molecular formula is C22H19N3O3S. The fourth-order valence-corrected chi connectivity index (χ4v) is 4.07. The summed E-state index contributed by atoms with van der Waals surface area (Å²) in [4.78, 5) is 39.3. The van der Waals surface area contributed by atoms with E-state index in [0.717, 1.165) is 11.1 Å². The van der Waals surface area contributed by atoms with E-state index in [1.54, 1.807) is 30.3 Å². The first kappa shape index (κ1) is 18.9. The second-order valence-electron chi connectivity index (χ2n) is 6.83. The van der Waals surface area contributed by atoms with Crippen molar-refractivity contribution in [3.05, 3.63) is 87.6 Å². The number of nitrogens with zero attached hydrogens (tertiary/aromatic N) is 1. The van der Waals surface area contributed by atoms with Crippen LogP contribution >= 0.6 is 11.3 Å². The van der Waals surface area contributed by atoms with E-state index in [4.69, 9.17) is 5.73 Å². The minimum Gasteiger partial charge on any atom is -0.368 e. The van der Waals surface area contributed by atoms with Gasteiger partial charge in [0.2, 0.25) is 5.91 Å². The third kappa shape index (κ3) is 3.90. The molecule has 3 N–H and O–H groups in total. The lowest BCUT2D eigenvalue weighted by Gasteiger charge is -2.35. The van der Waals surface area contributed by atoms with Crippen LogP contribution in [0.5, 0.6) is 0 Å². The maximum Gasteiger partial charge on any atom is 0.265 e. The van der Waals surface area contributed by atoms with Crippen molar-refractivity contribution in [2.75, 3.05) is 5.32 Å². The normalized spacial score (nSPS) is 15.4. The Hall–Kier alpha value is -3.45. The molecule has 1 aliphatic rings. The SMILES string of the molecule is NC(=O)[C@H]1Cc2ccccc2CN1C(=O)c1ccc(NC(=O)c2cccs2)cc1. The lowest BCUT2D eigenvalue weighted by Crippen LogP contribution is -2.51. The molecule has 146 valence electrons. The van der Waals surface area contributed by atoms with E-state index in [1.165, 1.54) is 16.2 Å². The van der Waals surface area contributed by atoms with Crippen molar-refractivity contribution in [2.45, 2.75) is 19.0 Å². The molecule has 2 heterocycles. The molecule has 6 nitrogen and oxygen atoms in total. The number of fused-ring (bicyclic) bond motifs is 1. The molecule has 1 aliphatic heterocycles. The smallest absolute Gasteiger partial charge is 0.265 e. The van der Waals surface area contributed by atoms with Crippen molar-refractivity contribution in [1.82, 2.24) is 4.90 Å². The summed E-state index contributed by atoms with van der Waals surface area (Å²) in [5.74, 6) is -0.979. The van der Waals surface area contributed by atoms with Crippen LogP contribution < -0.4 is 11.1 Å². The van der Waals surface area contributed by atoms with Crippen LogP contribution in [-0.2, 0) is 17.8 Å². The minimum atomic E-state index is -0.685. The summed E-state index contributed by atoms with van der Waals surface area (Å²) >= 11 is 1.36. The van der Waals surface area contributed by atoms with Gasteiger partial charge in [0.05, 0.1) is 4.88 Å². The van der Waals surface area contributed by atoms with E-state index in [0.29, 0.717) is 29.1 Å². The number of benzene rings is 2. The van der Waals surface area contributed by atoms with E-state index in [9.17, 15) is 14.4 Å². The molecule has 0 aliphatic carbocycles. The van der Waals surface area contributed by atoms with Gasteiger partial charge in [0, 0.05) is 24.2 Å². The molecule has 0 radical (unpaired) electrons. The second kappa shape index (κ2) is 7.89. The predicted molar refractivity (Wildman–Crippen MR) is 112 cm³/mol. The Morgan fingerprint density at radius 2 is 1.69 bits per heavy atom. The summed E-state index contributed by atoms with van der Waals surface area (Å²) in [5, 5.41) is 4.64. The van der Waals surface area contributed by atoms with Crippen LogP contribution in [0.4, 0.5) is 5.69 Å². The lowest BCUT2D eigenvalue weighted by atomic mass is 9.93. The van der Waals surface area contributed by atoms with Gasteiger partial charge in [-0.1, -0.05) is 30.3 Å². The zero-order valence-corrected chi connectivity index (χ0v) is 16.3. The molecule has 0 saturated carbocycles. The number of hydrogen-bond acceptors (Lipinski definition) is 4. The molecule has 3 aromatic rings. The number of carbonyl (C=O) groups is 3. The number of anilines is 1. The Balaban J connectivity index is 1.52. The summed E-state index contributed by atoms with van der Waals surface area (Å²) in [6, 6.07) is 17.3. The van der Waals surface area contributed by atoms with Gasteiger partial charge in [-0.3, -0.25) is 14.4 Å². The van der Waals surface area contributed by atoms with Crippen LogP contribution in [-0.4, -0.2) is 28.7 Å². The summed E-state index contributed by atoms with van der Waals surface area (Å²) in [7, 11) is 0. The zero-order chi connectivity index (χ0) is 20.4. The van der Waals surface area contributed by atoms with E-state index in [2.05, 4.69) is 5.32 Å². The Morgan fingerprint density at radius 1 is 0.966 bits per heavy atom. The number of amides is 3. The number of nitrogens with one attached hydrogen (secondary N) is 1. The number of rotatable bonds is 4. The summed E-state index contributed by atoms with van der Waals surface area (Å²) in [5.41, 5.74) is 8.65. The highest BCUT2D eigenvalue weighted by Gasteiger charge is 2.33. The lowest BCUT2D eigenvalue weighted by molar-refractivity contribution is -0.122. The molecule has 3 amide bonds. The largest absolute Gasteiger partial charge is 0.368 e. The highest BCUT2D eigenvalue weighted by atomic mass is 32.1. The van der Waals surface area contributed by atoms with Crippen molar-refractivity contribution >= 4 is 34.7 Å². The standard InChI is InChI=1S/C22H19N3O3S/c23-20(26)18-12-15-4-1-2-5-16(15)13-25(18)22(28)14-7-9-17(10-8-14)24-21(27)19-6-3-11-29-19/h1-11,18H,12-13H2,(H2,23,26)(H,24,27)/t18-/m1/s1. The zero-order valence-electron chi connectivity index (χ0n) is 15.5. The molecule has 1 aromatic heterocycles. The third-order valence-electron chi connectivity index (χ3n) is 4.97. The van der Waals surface area contributed by atoms with Gasteiger partial charge in [-0.2, -0.15) is 0 Å². The van der Waals surface area contributed by atoms with Crippen LogP contribution in [0.2, 0.25) is 0 Å². The maximum atomic E-state index is 13.1. The molecule has 0 saturated heterocycles. The van der Waals surface area contributed by atoms with Gasteiger partial charge < -0.3 is 16.0 Å². The van der Waals surface area contributed by atoms with Gasteiger partial charge in [-0.25, -0.2) is 0 Å². The van der Waals surface area contributed by atoms with E-state index < -0.39 is 11.9 Å². The van der Waals surface area contributed by atoms with Crippen molar-refractivity contribution < 1.29 is 14.4 Å². The molecule has 1 atom stereocenters. The topological polar surface area (TPSA) is 92.5 Å². The molecule has 0 bridgehead atoms. The predicted octanol–water partition coefficient (Wildman–Crippen LogP) is 3.05. The minimum absolute atomic E-state index is 0.194. The van der Waals surface area contributed by atoms with Gasteiger partial charge in [0.25, 0.3) is 11.8 Å². The molecule has 0 unspecified atom stereocenters. The van der Waals surface area contributed by atoms with Gasteiger partial charge in [0.15, 0.2) is 0 Å². The second-order valence-corrected chi connectivity index (χ2v) is 7.78. The van der Waals surface area contributed by atoms with Crippen LogP contribution in [0.25, 0.3) is 0 Å². The first-order valence-corrected chi connectivity index (χ1v) is 10.0. The number of thiophene rings is 1. The fraction of sp³-hybridized carbons (Fsp3) is 0.136. The Kier molecular flexibility index (Phi) is 5.14. The number of primary amides is 1. The van der Waals surface area contributed by atoms with E-state index in [1.807, 2.05) is 35.7 Å². The van der Waals surface area contributed by atoms with Crippen LogP contribution in [0.1, 0.15) is 31.2 Å². The first-order chi connectivity index (χ1) is 14.0. The van der Waals surface area contributed by atoms with Crippen molar-refractivity contribution in [1.29, 1.82) is 0 Å². The van der Waals surface area contributed by atoms with Gasteiger partial charge >= 0.3 is 0 Å². The Labute approximate surface area is 172 Å². The fourth-order valence-electron chi connectivity index (χ4n) is 3.45. The van der Waals surface area contributed by atoms with Crippen molar-refractivity contribution in [3.8, 4) is 0 Å². The van der Waals surface area contributed by atoms with Crippen molar-refractivity contribution in [2.24, 2.45) is 5.73 Å². The monoisotopic (exact) mass is 405 g/mol. The van der Waals surface area contributed by atoms with E-state index >= 15 is 0 Å². The Morgan fingerprint density at radius 3 is 2.34 bits per heavy atom.